The Hall–Kier alpha value is -3.48. The molecule has 4 rings (SSSR count). The minimum Gasteiger partial charge on any atom is -0.452 e. The zero-order chi connectivity index (χ0) is 22.8. The van der Waals surface area contributed by atoms with Crippen LogP contribution in [0.15, 0.2) is 42.5 Å². The normalized spacial score (nSPS) is 20.1. The first-order valence-electron chi connectivity index (χ1n) is 10.9. The molecule has 0 bridgehead atoms. The number of carbonyl (C=O) groups is 4. The molecule has 1 N–H and O–H groups in total. The lowest BCUT2D eigenvalue weighted by atomic mass is 9.81. The molecule has 0 unspecified atom stereocenters. The Bertz CT molecular complexity index is 1070. The van der Waals surface area contributed by atoms with Crippen LogP contribution in [0.25, 0.3) is 0 Å². The molecule has 3 amide bonds. The van der Waals surface area contributed by atoms with Gasteiger partial charge in [-0.1, -0.05) is 36.6 Å². The molecule has 166 valence electrons. The molecule has 1 saturated carbocycles. The highest BCUT2D eigenvalue weighted by molar-refractivity contribution is 6.22. The summed E-state index contributed by atoms with van der Waals surface area (Å²) in [4.78, 5) is 51.5. The predicted octanol–water partition coefficient (Wildman–Crippen LogP) is 3.78. The Morgan fingerprint density at radius 2 is 1.69 bits per heavy atom. The van der Waals surface area contributed by atoms with E-state index in [9.17, 15) is 19.2 Å². The fourth-order valence-electron chi connectivity index (χ4n) is 4.54. The molecule has 2 aromatic rings. The molecule has 2 atom stereocenters. The molecule has 0 aromatic heterocycles. The average molecular weight is 434 g/mol. The van der Waals surface area contributed by atoms with Crippen molar-refractivity contribution < 1.29 is 23.9 Å². The van der Waals surface area contributed by atoms with Gasteiger partial charge in [0.1, 0.15) is 0 Å². The summed E-state index contributed by atoms with van der Waals surface area (Å²) >= 11 is 0. The summed E-state index contributed by atoms with van der Waals surface area (Å²) in [7, 11) is 0. The molecule has 0 radical (unpaired) electrons. The number of hydrogen-bond donors (Lipinski definition) is 1. The predicted molar refractivity (Wildman–Crippen MR) is 119 cm³/mol. The maximum atomic E-state index is 12.8. The van der Waals surface area contributed by atoms with Gasteiger partial charge in [0.05, 0.1) is 23.1 Å². The number of nitrogens with zero attached hydrogens (tertiary/aromatic N) is 1. The molecule has 2 aliphatic rings. The number of amides is 3. The highest BCUT2D eigenvalue weighted by Gasteiger charge is 2.48. The van der Waals surface area contributed by atoms with E-state index in [-0.39, 0.29) is 29.2 Å². The largest absolute Gasteiger partial charge is 0.452 e. The maximum absolute atomic E-state index is 12.8. The second-order valence-electron chi connectivity index (χ2n) is 8.50. The van der Waals surface area contributed by atoms with Crippen LogP contribution in [0.2, 0.25) is 0 Å². The molecule has 7 heteroatoms. The van der Waals surface area contributed by atoms with Crippen LogP contribution in [0, 0.1) is 25.7 Å². The Morgan fingerprint density at radius 1 is 1.00 bits per heavy atom. The van der Waals surface area contributed by atoms with E-state index in [4.69, 9.17) is 4.74 Å². The zero-order valence-corrected chi connectivity index (χ0v) is 18.2. The molecular formula is C25H26N2O5. The number of imide groups is 1. The third-order valence-electron chi connectivity index (χ3n) is 6.17. The van der Waals surface area contributed by atoms with Crippen molar-refractivity contribution in [1.29, 1.82) is 0 Å². The van der Waals surface area contributed by atoms with E-state index in [0.29, 0.717) is 11.4 Å². The van der Waals surface area contributed by atoms with Gasteiger partial charge in [0.15, 0.2) is 6.61 Å². The van der Waals surface area contributed by atoms with Gasteiger partial charge in [0, 0.05) is 5.69 Å². The van der Waals surface area contributed by atoms with E-state index in [1.54, 1.807) is 18.2 Å². The summed E-state index contributed by atoms with van der Waals surface area (Å²) < 4.78 is 5.15. The third kappa shape index (κ3) is 4.28. The van der Waals surface area contributed by atoms with Gasteiger partial charge in [-0.15, -0.1) is 0 Å². The van der Waals surface area contributed by atoms with Gasteiger partial charge in [-0.25, -0.2) is 4.79 Å². The first-order chi connectivity index (χ1) is 15.3. The Morgan fingerprint density at radius 3 is 2.34 bits per heavy atom. The van der Waals surface area contributed by atoms with E-state index in [0.717, 1.165) is 36.8 Å². The summed E-state index contributed by atoms with van der Waals surface area (Å²) in [6.07, 6.45) is 3.35. The third-order valence-corrected chi connectivity index (χ3v) is 6.17. The van der Waals surface area contributed by atoms with Crippen LogP contribution in [0.1, 0.15) is 47.2 Å². The lowest BCUT2D eigenvalue weighted by Gasteiger charge is -2.19. The Balaban J connectivity index is 1.41. The number of hydrogen-bond acceptors (Lipinski definition) is 5. The lowest BCUT2D eigenvalue weighted by Crippen LogP contribution is -2.31. The smallest absolute Gasteiger partial charge is 0.338 e. The molecule has 1 saturated heterocycles. The van der Waals surface area contributed by atoms with Gasteiger partial charge in [0.2, 0.25) is 11.8 Å². The molecule has 7 nitrogen and oxygen atoms in total. The molecule has 0 spiro atoms. The number of nitrogens with one attached hydrogen (secondary N) is 1. The van der Waals surface area contributed by atoms with Crippen LogP contribution in [0.4, 0.5) is 11.4 Å². The average Bonchev–Trinajstić information content (AvgIpc) is 3.04. The van der Waals surface area contributed by atoms with Crippen molar-refractivity contribution in [3.8, 4) is 0 Å². The van der Waals surface area contributed by atoms with Crippen molar-refractivity contribution in [1.82, 2.24) is 0 Å². The van der Waals surface area contributed by atoms with Crippen molar-refractivity contribution in [3.05, 3.63) is 59.2 Å². The molecule has 2 aromatic carbocycles. The van der Waals surface area contributed by atoms with Crippen LogP contribution < -0.4 is 10.2 Å². The van der Waals surface area contributed by atoms with Crippen molar-refractivity contribution >= 4 is 35.1 Å². The van der Waals surface area contributed by atoms with Crippen LogP contribution in [-0.4, -0.2) is 30.3 Å². The monoisotopic (exact) mass is 434 g/mol. The SMILES string of the molecule is Cc1ccc(NC(=O)COC(=O)c2cccc(N3C(=O)[C@@H]4CCCC[C@H]4C3=O)c2)c(C)c1. The minimum atomic E-state index is -0.695. The standard InChI is InChI=1S/C25H26N2O5/c1-15-10-11-21(16(2)12-15)26-22(28)14-32-25(31)17-6-5-7-18(13-17)27-23(29)19-8-3-4-9-20(19)24(27)30/h5-7,10-13,19-20H,3-4,8-9,14H2,1-2H3,(H,26,28)/t19-,20-/m1/s1. The molecule has 32 heavy (non-hydrogen) atoms. The van der Waals surface area contributed by atoms with Crippen molar-refractivity contribution in [2.75, 3.05) is 16.8 Å². The number of aryl methyl sites for hydroxylation is 2. The summed E-state index contributed by atoms with van der Waals surface area (Å²) in [5.74, 6) is -2.06. The van der Waals surface area contributed by atoms with Crippen LogP contribution in [0.5, 0.6) is 0 Å². The number of rotatable bonds is 5. The molecular weight excluding hydrogens is 408 g/mol. The number of anilines is 2. The number of benzene rings is 2. The quantitative estimate of drug-likeness (QED) is 0.571. The second-order valence-corrected chi connectivity index (χ2v) is 8.50. The van der Waals surface area contributed by atoms with E-state index >= 15 is 0 Å². The minimum absolute atomic E-state index is 0.178. The topological polar surface area (TPSA) is 92.8 Å². The zero-order valence-electron chi connectivity index (χ0n) is 18.2. The highest BCUT2D eigenvalue weighted by atomic mass is 16.5. The van der Waals surface area contributed by atoms with E-state index in [1.165, 1.54) is 17.0 Å². The van der Waals surface area contributed by atoms with E-state index in [2.05, 4.69) is 5.32 Å². The number of fused-ring (bicyclic) bond motifs is 1. The van der Waals surface area contributed by atoms with Crippen molar-refractivity contribution in [2.45, 2.75) is 39.5 Å². The second kappa shape index (κ2) is 8.94. The first kappa shape index (κ1) is 21.7. The van der Waals surface area contributed by atoms with Crippen LogP contribution >= 0.6 is 0 Å². The van der Waals surface area contributed by atoms with Gasteiger partial charge in [-0.2, -0.15) is 0 Å². The Labute approximate surface area is 186 Å². The van der Waals surface area contributed by atoms with Gasteiger partial charge in [0.25, 0.3) is 5.91 Å². The molecule has 2 fully saturated rings. The number of carbonyl (C=O) groups excluding carboxylic acids is 4. The van der Waals surface area contributed by atoms with Crippen molar-refractivity contribution in [3.63, 3.8) is 0 Å². The molecule has 1 aliphatic carbocycles. The summed E-state index contributed by atoms with van der Waals surface area (Å²) in [6, 6.07) is 11.9. The van der Waals surface area contributed by atoms with Crippen LogP contribution in [-0.2, 0) is 19.1 Å². The first-order valence-corrected chi connectivity index (χ1v) is 10.9. The van der Waals surface area contributed by atoms with Crippen LogP contribution in [0.3, 0.4) is 0 Å². The van der Waals surface area contributed by atoms with E-state index < -0.39 is 18.5 Å². The number of esters is 1. The van der Waals surface area contributed by atoms with E-state index in [1.807, 2.05) is 26.0 Å². The van der Waals surface area contributed by atoms with Crippen molar-refractivity contribution in [2.24, 2.45) is 11.8 Å². The fraction of sp³-hybridized carbons (Fsp3) is 0.360. The summed E-state index contributed by atoms with van der Waals surface area (Å²) in [5, 5.41) is 2.73. The lowest BCUT2D eigenvalue weighted by molar-refractivity contribution is -0.122. The maximum Gasteiger partial charge on any atom is 0.338 e. The molecule has 1 aliphatic heterocycles. The van der Waals surface area contributed by atoms with Gasteiger partial charge in [-0.05, 0) is 56.5 Å². The van der Waals surface area contributed by atoms with Gasteiger partial charge in [-0.3, -0.25) is 19.3 Å². The Kier molecular flexibility index (Phi) is 6.08. The van der Waals surface area contributed by atoms with Gasteiger partial charge < -0.3 is 10.1 Å². The summed E-state index contributed by atoms with van der Waals surface area (Å²) in [5.41, 5.74) is 3.20. The highest BCUT2D eigenvalue weighted by Crippen LogP contribution is 2.40. The molecule has 1 heterocycles. The summed E-state index contributed by atoms with van der Waals surface area (Å²) in [6.45, 7) is 3.41. The number of ether oxygens (including phenoxy) is 1. The van der Waals surface area contributed by atoms with Gasteiger partial charge >= 0.3 is 5.97 Å². The fourth-order valence-corrected chi connectivity index (χ4v) is 4.54.